The SMILES string of the molecule is CCS(=O)(=O)N1CCN(Cc2cc(F)cc(Nc3ccc(C)nc3)c2)C[C@H]1COC. The first-order chi connectivity index (χ1) is 14.3. The molecule has 0 aliphatic carbocycles. The number of nitrogens with one attached hydrogen (secondary N) is 1. The van der Waals surface area contributed by atoms with Crippen LogP contribution in [0.4, 0.5) is 15.8 Å². The Balaban J connectivity index is 1.71. The molecule has 1 aliphatic rings. The van der Waals surface area contributed by atoms with E-state index >= 15 is 0 Å². The van der Waals surface area contributed by atoms with Gasteiger partial charge in [0.25, 0.3) is 0 Å². The van der Waals surface area contributed by atoms with Crippen LogP contribution >= 0.6 is 0 Å². The lowest BCUT2D eigenvalue weighted by Gasteiger charge is -2.40. The standard InChI is InChI=1S/C21H29FN4O3S/c1-4-30(27,28)26-8-7-25(14-21(26)15-29-3)13-17-9-18(22)11-20(10-17)24-19-6-5-16(2)23-12-19/h5-6,9-12,21,24H,4,7-8,13-15H2,1-3H3/t21-/m0/s1. The number of pyridine rings is 1. The Morgan fingerprint density at radius 3 is 2.70 bits per heavy atom. The quantitative estimate of drug-likeness (QED) is 0.686. The number of nitrogens with zero attached hydrogens (tertiary/aromatic N) is 3. The Hall–Kier alpha value is -2.07. The molecule has 0 spiro atoms. The third-order valence-corrected chi connectivity index (χ3v) is 7.08. The number of sulfonamides is 1. The second-order valence-electron chi connectivity index (χ2n) is 7.52. The van der Waals surface area contributed by atoms with Gasteiger partial charge in [0, 0.05) is 44.7 Å². The fourth-order valence-electron chi connectivity index (χ4n) is 3.69. The van der Waals surface area contributed by atoms with Crippen molar-refractivity contribution in [1.29, 1.82) is 0 Å². The molecule has 2 heterocycles. The summed E-state index contributed by atoms with van der Waals surface area (Å²) in [6.45, 7) is 5.93. The normalized spacial score (nSPS) is 18.5. The molecule has 7 nitrogen and oxygen atoms in total. The predicted molar refractivity (Wildman–Crippen MR) is 116 cm³/mol. The van der Waals surface area contributed by atoms with E-state index in [0.717, 1.165) is 16.9 Å². The average molecular weight is 437 g/mol. The minimum Gasteiger partial charge on any atom is -0.383 e. The summed E-state index contributed by atoms with van der Waals surface area (Å²) in [5, 5.41) is 3.18. The Morgan fingerprint density at radius 2 is 2.03 bits per heavy atom. The maximum atomic E-state index is 14.2. The van der Waals surface area contributed by atoms with Crippen LogP contribution in [0.15, 0.2) is 36.5 Å². The van der Waals surface area contributed by atoms with Gasteiger partial charge in [-0.05, 0) is 49.7 Å². The summed E-state index contributed by atoms with van der Waals surface area (Å²) in [6.07, 6.45) is 1.71. The van der Waals surface area contributed by atoms with Crippen LogP contribution in [0.3, 0.4) is 0 Å². The lowest BCUT2D eigenvalue weighted by atomic mass is 10.1. The van der Waals surface area contributed by atoms with Crippen molar-refractivity contribution in [2.75, 3.05) is 44.4 Å². The van der Waals surface area contributed by atoms with Gasteiger partial charge < -0.3 is 10.1 Å². The highest BCUT2D eigenvalue weighted by atomic mass is 32.2. The highest BCUT2D eigenvalue weighted by molar-refractivity contribution is 7.89. The molecular weight excluding hydrogens is 407 g/mol. The van der Waals surface area contributed by atoms with Crippen LogP contribution in [0.1, 0.15) is 18.2 Å². The monoisotopic (exact) mass is 436 g/mol. The van der Waals surface area contributed by atoms with Crippen molar-refractivity contribution in [2.24, 2.45) is 0 Å². The highest BCUT2D eigenvalue weighted by Gasteiger charge is 2.34. The molecule has 0 amide bonds. The van der Waals surface area contributed by atoms with Crippen LogP contribution in [-0.4, -0.2) is 67.8 Å². The third kappa shape index (κ3) is 5.75. The second kappa shape index (κ2) is 9.82. The van der Waals surface area contributed by atoms with Crippen LogP contribution in [0.2, 0.25) is 0 Å². The number of piperazine rings is 1. The molecule has 1 N–H and O–H groups in total. The van der Waals surface area contributed by atoms with Crippen molar-refractivity contribution in [2.45, 2.75) is 26.4 Å². The molecule has 3 rings (SSSR count). The number of aromatic nitrogens is 1. The molecule has 0 radical (unpaired) electrons. The van der Waals surface area contributed by atoms with E-state index in [9.17, 15) is 12.8 Å². The smallest absolute Gasteiger partial charge is 0.214 e. The number of aryl methyl sites for hydroxylation is 1. The van der Waals surface area contributed by atoms with Crippen molar-refractivity contribution in [3.63, 3.8) is 0 Å². The lowest BCUT2D eigenvalue weighted by molar-refractivity contribution is 0.0663. The van der Waals surface area contributed by atoms with E-state index in [2.05, 4.69) is 15.2 Å². The molecule has 1 aromatic carbocycles. The molecule has 1 atom stereocenters. The average Bonchev–Trinajstić information content (AvgIpc) is 2.69. The molecule has 0 bridgehead atoms. The fraction of sp³-hybridized carbons (Fsp3) is 0.476. The Bertz CT molecular complexity index is 953. The van der Waals surface area contributed by atoms with Gasteiger partial charge in [-0.25, -0.2) is 12.8 Å². The fourth-order valence-corrected chi connectivity index (χ4v) is 4.96. The van der Waals surface area contributed by atoms with E-state index in [0.29, 0.717) is 38.5 Å². The molecule has 1 fully saturated rings. The molecule has 0 unspecified atom stereocenters. The number of rotatable bonds is 8. The Labute approximate surface area is 177 Å². The van der Waals surface area contributed by atoms with Crippen molar-refractivity contribution in [1.82, 2.24) is 14.2 Å². The molecule has 164 valence electrons. The predicted octanol–water partition coefficient (Wildman–Crippen LogP) is 2.76. The van der Waals surface area contributed by atoms with Gasteiger partial charge in [0.1, 0.15) is 5.82 Å². The van der Waals surface area contributed by atoms with Crippen LogP contribution < -0.4 is 5.32 Å². The van der Waals surface area contributed by atoms with Gasteiger partial charge in [0.15, 0.2) is 0 Å². The van der Waals surface area contributed by atoms with Crippen molar-refractivity contribution >= 4 is 21.4 Å². The molecule has 1 saturated heterocycles. The Kier molecular flexibility index (Phi) is 7.41. The van der Waals surface area contributed by atoms with Crippen LogP contribution in [-0.2, 0) is 21.3 Å². The zero-order valence-electron chi connectivity index (χ0n) is 17.6. The van der Waals surface area contributed by atoms with E-state index in [-0.39, 0.29) is 17.6 Å². The summed E-state index contributed by atoms with van der Waals surface area (Å²) in [6, 6.07) is 8.40. The molecule has 9 heteroatoms. The van der Waals surface area contributed by atoms with Crippen LogP contribution in [0, 0.1) is 12.7 Å². The summed E-state index contributed by atoms with van der Waals surface area (Å²) in [5.74, 6) is -0.254. The lowest BCUT2D eigenvalue weighted by Crippen LogP contribution is -2.56. The number of methoxy groups -OCH3 is 1. The van der Waals surface area contributed by atoms with Crippen LogP contribution in [0.25, 0.3) is 0 Å². The number of halogens is 1. The van der Waals surface area contributed by atoms with Gasteiger partial charge in [0.05, 0.1) is 30.3 Å². The minimum absolute atomic E-state index is 0.0695. The summed E-state index contributed by atoms with van der Waals surface area (Å²) >= 11 is 0. The summed E-state index contributed by atoms with van der Waals surface area (Å²) in [7, 11) is -1.72. The minimum atomic E-state index is -3.29. The summed E-state index contributed by atoms with van der Waals surface area (Å²) in [4.78, 5) is 6.38. The van der Waals surface area contributed by atoms with Gasteiger partial charge in [-0.15, -0.1) is 0 Å². The molecule has 1 aliphatic heterocycles. The number of benzene rings is 1. The van der Waals surface area contributed by atoms with Gasteiger partial charge >= 0.3 is 0 Å². The van der Waals surface area contributed by atoms with Gasteiger partial charge in [-0.1, -0.05) is 0 Å². The number of anilines is 2. The molecule has 0 saturated carbocycles. The first-order valence-electron chi connectivity index (χ1n) is 10.0. The van der Waals surface area contributed by atoms with E-state index in [1.807, 2.05) is 25.1 Å². The molecular formula is C21H29FN4O3S. The van der Waals surface area contributed by atoms with E-state index in [1.165, 1.54) is 16.4 Å². The van der Waals surface area contributed by atoms with Crippen molar-refractivity contribution in [3.05, 3.63) is 53.6 Å². The molecule has 2 aromatic rings. The topological polar surface area (TPSA) is 74.8 Å². The number of hydrogen-bond acceptors (Lipinski definition) is 6. The van der Waals surface area contributed by atoms with E-state index < -0.39 is 10.0 Å². The first kappa shape index (κ1) is 22.6. The van der Waals surface area contributed by atoms with Gasteiger partial charge in [-0.2, -0.15) is 4.31 Å². The molecule has 1 aromatic heterocycles. The second-order valence-corrected chi connectivity index (χ2v) is 9.73. The molecule has 30 heavy (non-hydrogen) atoms. The zero-order chi connectivity index (χ0) is 21.7. The van der Waals surface area contributed by atoms with Crippen LogP contribution in [0.5, 0.6) is 0 Å². The maximum Gasteiger partial charge on any atom is 0.214 e. The van der Waals surface area contributed by atoms with Crippen molar-refractivity contribution < 1.29 is 17.5 Å². The third-order valence-electron chi connectivity index (χ3n) is 5.16. The summed E-state index contributed by atoms with van der Waals surface area (Å²) in [5.41, 5.74) is 3.17. The van der Waals surface area contributed by atoms with Crippen molar-refractivity contribution in [3.8, 4) is 0 Å². The first-order valence-corrected chi connectivity index (χ1v) is 11.6. The maximum absolute atomic E-state index is 14.2. The van der Waals surface area contributed by atoms with Gasteiger partial charge in [0.2, 0.25) is 10.0 Å². The number of hydrogen-bond donors (Lipinski definition) is 1. The van der Waals surface area contributed by atoms with E-state index in [4.69, 9.17) is 4.74 Å². The number of ether oxygens (including phenoxy) is 1. The van der Waals surface area contributed by atoms with Gasteiger partial charge in [-0.3, -0.25) is 9.88 Å². The Morgan fingerprint density at radius 1 is 1.23 bits per heavy atom. The zero-order valence-corrected chi connectivity index (χ0v) is 18.5. The summed E-state index contributed by atoms with van der Waals surface area (Å²) < 4.78 is 45.8. The largest absolute Gasteiger partial charge is 0.383 e. The highest BCUT2D eigenvalue weighted by Crippen LogP contribution is 2.22. The van der Waals surface area contributed by atoms with E-state index in [1.54, 1.807) is 20.2 Å².